The highest BCUT2D eigenvalue weighted by Gasteiger charge is 2.02. The summed E-state index contributed by atoms with van der Waals surface area (Å²) in [6.07, 6.45) is 0. The quantitative estimate of drug-likeness (QED) is 0.597. The van der Waals surface area contributed by atoms with Crippen molar-refractivity contribution in [2.75, 3.05) is 0 Å². The molecule has 0 atom stereocenters. The number of aromatic nitrogens is 2. The van der Waals surface area contributed by atoms with E-state index in [1.165, 1.54) is 5.56 Å². The number of halogens is 1. The molecule has 0 saturated heterocycles. The number of aryl methyl sites for hydroxylation is 2. The Morgan fingerprint density at radius 1 is 1.12 bits per heavy atom. The minimum atomic E-state index is 0.301. The minimum Gasteiger partial charge on any atom is -0.223 e. The lowest BCUT2D eigenvalue weighted by Gasteiger charge is -2.03. The third kappa shape index (κ3) is 2.97. The van der Waals surface area contributed by atoms with Crippen molar-refractivity contribution in [2.45, 2.75) is 23.8 Å². The van der Waals surface area contributed by atoms with Crippen LogP contribution >= 0.6 is 23.4 Å². The molecule has 0 amide bonds. The summed E-state index contributed by atoms with van der Waals surface area (Å²) in [5, 5.41) is 1.18. The molecule has 0 N–H and O–H groups in total. The normalized spacial score (nSPS) is 10.4. The van der Waals surface area contributed by atoms with Gasteiger partial charge in [0.25, 0.3) is 0 Å². The van der Waals surface area contributed by atoms with Gasteiger partial charge in [0.1, 0.15) is 5.03 Å². The Morgan fingerprint density at radius 2 is 1.94 bits per heavy atom. The summed E-state index contributed by atoms with van der Waals surface area (Å²) in [5.41, 5.74) is 2.12. The van der Waals surface area contributed by atoms with Crippen molar-refractivity contribution in [3.8, 4) is 0 Å². The first kappa shape index (κ1) is 11.4. The maximum absolute atomic E-state index is 5.81. The lowest BCUT2D eigenvalue weighted by atomic mass is 10.2. The molecule has 82 valence electrons. The Kier molecular flexibility index (Phi) is 3.46. The van der Waals surface area contributed by atoms with E-state index in [-0.39, 0.29) is 0 Å². The van der Waals surface area contributed by atoms with Crippen molar-refractivity contribution in [3.63, 3.8) is 0 Å². The summed E-state index contributed by atoms with van der Waals surface area (Å²) in [7, 11) is 0. The lowest BCUT2D eigenvalue weighted by Crippen LogP contribution is -1.88. The monoisotopic (exact) mass is 250 g/mol. The Morgan fingerprint density at radius 3 is 2.62 bits per heavy atom. The molecule has 2 nitrogen and oxygen atoms in total. The predicted octanol–water partition coefficient (Wildman–Crippen LogP) is 3.90. The average Bonchev–Trinajstić information content (AvgIpc) is 2.15. The van der Waals surface area contributed by atoms with Crippen LogP contribution in [0.2, 0.25) is 5.28 Å². The van der Waals surface area contributed by atoms with Gasteiger partial charge in [0, 0.05) is 10.6 Å². The Hall–Kier alpha value is -1.06. The number of hydrogen-bond acceptors (Lipinski definition) is 3. The fourth-order valence-corrected chi connectivity index (χ4v) is 2.63. The van der Waals surface area contributed by atoms with Crippen LogP contribution in [0, 0.1) is 13.8 Å². The van der Waals surface area contributed by atoms with E-state index in [0.717, 1.165) is 15.6 Å². The van der Waals surface area contributed by atoms with Gasteiger partial charge in [-0.3, -0.25) is 0 Å². The average molecular weight is 251 g/mol. The van der Waals surface area contributed by atoms with Crippen molar-refractivity contribution in [1.82, 2.24) is 9.97 Å². The molecule has 0 radical (unpaired) electrons. The highest BCUT2D eigenvalue weighted by atomic mass is 35.5. The molecule has 0 fully saturated rings. The van der Waals surface area contributed by atoms with Gasteiger partial charge in [-0.25, -0.2) is 9.97 Å². The molecule has 0 aliphatic heterocycles. The van der Waals surface area contributed by atoms with Gasteiger partial charge in [-0.05, 0) is 43.6 Å². The summed E-state index contributed by atoms with van der Waals surface area (Å²) in [6.45, 7) is 3.98. The number of nitrogens with zero attached hydrogens (tertiary/aromatic N) is 2. The topological polar surface area (TPSA) is 25.8 Å². The lowest BCUT2D eigenvalue weighted by molar-refractivity contribution is 1.01. The minimum absolute atomic E-state index is 0.301. The summed E-state index contributed by atoms with van der Waals surface area (Å²) >= 11 is 7.41. The van der Waals surface area contributed by atoms with E-state index >= 15 is 0 Å². The number of benzene rings is 1. The highest BCUT2D eigenvalue weighted by Crippen LogP contribution is 2.27. The molecular weight excluding hydrogens is 240 g/mol. The van der Waals surface area contributed by atoms with Crippen LogP contribution < -0.4 is 0 Å². The Balaban J connectivity index is 2.27. The molecule has 2 rings (SSSR count). The largest absolute Gasteiger partial charge is 0.223 e. The van der Waals surface area contributed by atoms with E-state index in [1.54, 1.807) is 11.8 Å². The fraction of sp³-hybridized carbons (Fsp3) is 0.167. The van der Waals surface area contributed by atoms with Crippen LogP contribution in [0.25, 0.3) is 0 Å². The zero-order valence-corrected chi connectivity index (χ0v) is 10.6. The van der Waals surface area contributed by atoms with E-state index in [9.17, 15) is 0 Å². The predicted molar refractivity (Wildman–Crippen MR) is 67.1 cm³/mol. The van der Waals surface area contributed by atoms with Crippen LogP contribution in [0.3, 0.4) is 0 Å². The smallest absolute Gasteiger partial charge is 0.223 e. The first-order chi connectivity index (χ1) is 7.63. The zero-order chi connectivity index (χ0) is 11.5. The van der Waals surface area contributed by atoms with Crippen LogP contribution in [0.15, 0.2) is 40.3 Å². The van der Waals surface area contributed by atoms with Gasteiger partial charge >= 0.3 is 0 Å². The summed E-state index contributed by atoms with van der Waals surface area (Å²) < 4.78 is 0. The molecule has 1 aromatic carbocycles. The zero-order valence-electron chi connectivity index (χ0n) is 9.07. The molecule has 4 heteroatoms. The van der Waals surface area contributed by atoms with Gasteiger partial charge in [-0.1, -0.05) is 29.5 Å². The Labute approximate surface area is 104 Å². The van der Waals surface area contributed by atoms with E-state index < -0.39 is 0 Å². The molecule has 0 aliphatic carbocycles. The molecule has 1 heterocycles. The van der Waals surface area contributed by atoms with Crippen LogP contribution in [-0.2, 0) is 0 Å². The number of rotatable bonds is 2. The standard InChI is InChI=1S/C12H11ClN2S/c1-8-4-3-5-10(6-8)16-11-7-9(2)14-12(13)15-11/h3-7H,1-2H3. The Bertz CT molecular complexity index is 494. The molecule has 16 heavy (non-hydrogen) atoms. The van der Waals surface area contributed by atoms with E-state index in [2.05, 4.69) is 35.1 Å². The summed E-state index contributed by atoms with van der Waals surface area (Å²) in [6, 6.07) is 10.2. The van der Waals surface area contributed by atoms with Gasteiger partial charge in [0.2, 0.25) is 5.28 Å². The fourth-order valence-electron chi connectivity index (χ4n) is 1.36. The van der Waals surface area contributed by atoms with E-state index in [4.69, 9.17) is 11.6 Å². The SMILES string of the molecule is Cc1cccc(Sc2cc(C)nc(Cl)n2)c1. The molecule has 0 saturated carbocycles. The second kappa shape index (κ2) is 4.85. The molecule has 0 aliphatic rings. The molecule has 0 bridgehead atoms. The first-order valence-electron chi connectivity index (χ1n) is 4.89. The van der Waals surface area contributed by atoms with Crippen LogP contribution in [0.5, 0.6) is 0 Å². The molecule has 0 spiro atoms. The van der Waals surface area contributed by atoms with Crippen molar-refractivity contribution in [1.29, 1.82) is 0 Å². The van der Waals surface area contributed by atoms with Crippen molar-refractivity contribution in [2.24, 2.45) is 0 Å². The van der Waals surface area contributed by atoms with Crippen LogP contribution in [-0.4, -0.2) is 9.97 Å². The van der Waals surface area contributed by atoms with Gasteiger partial charge in [-0.2, -0.15) is 0 Å². The second-order valence-electron chi connectivity index (χ2n) is 3.54. The van der Waals surface area contributed by atoms with E-state index in [1.807, 2.05) is 19.1 Å². The summed E-state index contributed by atoms with van der Waals surface area (Å²) in [4.78, 5) is 9.37. The molecule has 1 aromatic heterocycles. The maximum atomic E-state index is 5.81. The number of hydrogen-bond donors (Lipinski definition) is 0. The third-order valence-electron chi connectivity index (χ3n) is 2.02. The third-order valence-corrected chi connectivity index (χ3v) is 3.09. The van der Waals surface area contributed by atoms with Gasteiger partial charge in [0.15, 0.2) is 0 Å². The second-order valence-corrected chi connectivity index (χ2v) is 4.97. The summed E-state index contributed by atoms with van der Waals surface area (Å²) in [5.74, 6) is 0. The first-order valence-corrected chi connectivity index (χ1v) is 6.08. The molecular formula is C12H11ClN2S. The van der Waals surface area contributed by atoms with Gasteiger partial charge < -0.3 is 0 Å². The molecule has 0 unspecified atom stereocenters. The van der Waals surface area contributed by atoms with Crippen molar-refractivity contribution >= 4 is 23.4 Å². The van der Waals surface area contributed by atoms with E-state index in [0.29, 0.717) is 5.28 Å². The van der Waals surface area contributed by atoms with Crippen molar-refractivity contribution in [3.05, 3.63) is 46.9 Å². The highest BCUT2D eigenvalue weighted by molar-refractivity contribution is 7.99. The van der Waals surface area contributed by atoms with Gasteiger partial charge in [-0.15, -0.1) is 0 Å². The van der Waals surface area contributed by atoms with Crippen LogP contribution in [0.4, 0.5) is 0 Å². The van der Waals surface area contributed by atoms with Crippen molar-refractivity contribution < 1.29 is 0 Å². The van der Waals surface area contributed by atoms with Gasteiger partial charge in [0.05, 0.1) is 0 Å². The van der Waals surface area contributed by atoms with Crippen LogP contribution in [0.1, 0.15) is 11.3 Å². The maximum Gasteiger partial charge on any atom is 0.223 e. The molecule has 2 aromatic rings.